The summed E-state index contributed by atoms with van der Waals surface area (Å²) in [7, 11) is 0. The lowest BCUT2D eigenvalue weighted by atomic mass is 10.1. The van der Waals surface area contributed by atoms with E-state index in [0.717, 1.165) is 43.2 Å². The van der Waals surface area contributed by atoms with E-state index in [2.05, 4.69) is 38.4 Å². The van der Waals surface area contributed by atoms with Crippen LogP contribution in [0.5, 0.6) is 0 Å². The lowest BCUT2D eigenvalue weighted by Crippen LogP contribution is -2.49. The van der Waals surface area contributed by atoms with E-state index in [1.165, 1.54) is 10.1 Å². The maximum atomic E-state index is 13.3. The average Bonchev–Trinajstić information content (AvgIpc) is 3.23. The molecule has 1 aromatic heterocycles. The minimum absolute atomic E-state index is 0.120. The molecule has 0 atom stereocenters. The van der Waals surface area contributed by atoms with Crippen molar-refractivity contribution in [3.05, 3.63) is 54.1 Å². The molecule has 2 aromatic carbocycles. The van der Waals surface area contributed by atoms with Gasteiger partial charge in [0.1, 0.15) is 5.82 Å². The van der Waals surface area contributed by atoms with Gasteiger partial charge in [0, 0.05) is 50.3 Å². The number of morpholine rings is 1. The maximum Gasteiger partial charge on any atom is 0.256 e. The van der Waals surface area contributed by atoms with E-state index in [-0.39, 0.29) is 5.91 Å². The number of ether oxygens (including phenoxy) is 1. The highest BCUT2D eigenvalue weighted by molar-refractivity contribution is 7.13. The molecule has 7 heteroatoms. The number of carbonyl (C=O) groups is 1. The van der Waals surface area contributed by atoms with E-state index in [1.54, 1.807) is 11.5 Å². The number of benzene rings is 2. The van der Waals surface area contributed by atoms with Crippen LogP contribution < -0.4 is 9.80 Å². The van der Waals surface area contributed by atoms with Crippen LogP contribution in [0.4, 0.5) is 11.5 Å². The van der Waals surface area contributed by atoms with Crippen LogP contribution >= 0.6 is 11.5 Å². The normalized spacial score (nSPS) is 17.7. The van der Waals surface area contributed by atoms with Crippen LogP contribution in [0.15, 0.2) is 48.5 Å². The number of anilines is 2. The summed E-state index contributed by atoms with van der Waals surface area (Å²) in [4.78, 5) is 19.8. The van der Waals surface area contributed by atoms with E-state index in [9.17, 15) is 4.79 Å². The fourth-order valence-electron chi connectivity index (χ4n) is 4.13. The zero-order valence-electron chi connectivity index (χ0n) is 16.3. The van der Waals surface area contributed by atoms with Gasteiger partial charge in [-0.2, -0.15) is 4.37 Å². The summed E-state index contributed by atoms with van der Waals surface area (Å²) in [5.41, 5.74) is 1.82. The van der Waals surface area contributed by atoms with E-state index < -0.39 is 0 Å². The number of amides is 1. The second-order valence-corrected chi connectivity index (χ2v) is 8.20. The zero-order valence-corrected chi connectivity index (χ0v) is 17.1. The number of piperazine rings is 1. The molecular weight excluding hydrogens is 384 g/mol. The third kappa shape index (κ3) is 3.56. The Morgan fingerprint density at radius 1 is 0.862 bits per heavy atom. The second kappa shape index (κ2) is 8.00. The molecule has 0 saturated carbocycles. The Morgan fingerprint density at radius 3 is 2.41 bits per heavy atom. The summed E-state index contributed by atoms with van der Waals surface area (Å²) in [5.74, 6) is 1.17. The number of rotatable bonds is 3. The van der Waals surface area contributed by atoms with Crippen LogP contribution in [0.1, 0.15) is 10.4 Å². The average molecular weight is 409 g/mol. The zero-order chi connectivity index (χ0) is 19.6. The van der Waals surface area contributed by atoms with E-state index in [1.807, 2.05) is 29.2 Å². The molecule has 5 rings (SSSR count). The van der Waals surface area contributed by atoms with Gasteiger partial charge in [-0.05, 0) is 35.8 Å². The van der Waals surface area contributed by atoms with E-state index in [0.29, 0.717) is 26.3 Å². The number of fused-ring (bicyclic) bond motifs is 1. The van der Waals surface area contributed by atoms with Gasteiger partial charge in [0.2, 0.25) is 0 Å². The fraction of sp³-hybridized carbons (Fsp3) is 0.364. The molecule has 6 nitrogen and oxygen atoms in total. The first-order valence-corrected chi connectivity index (χ1v) is 10.9. The molecule has 2 aliphatic heterocycles. The molecule has 150 valence electrons. The second-order valence-electron chi connectivity index (χ2n) is 7.40. The minimum Gasteiger partial charge on any atom is -0.378 e. The quantitative estimate of drug-likeness (QED) is 0.667. The smallest absolute Gasteiger partial charge is 0.256 e. The first kappa shape index (κ1) is 18.4. The van der Waals surface area contributed by atoms with Crippen molar-refractivity contribution in [3.8, 4) is 0 Å². The largest absolute Gasteiger partial charge is 0.378 e. The molecule has 2 fully saturated rings. The third-order valence-corrected chi connectivity index (χ3v) is 6.53. The lowest BCUT2D eigenvalue weighted by molar-refractivity contribution is 0.0746. The molecule has 0 N–H and O–H groups in total. The molecule has 3 heterocycles. The molecule has 0 aliphatic carbocycles. The Balaban J connectivity index is 1.31. The predicted octanol–water partition coefficient (Wildman–Crippen LogP) is 3.10. The molecule has 0 bridgehead atoms. The number of carbonyl (C=O) groups excluding carboxylic acids is 1. The van der Waals surface area contributed by atoms with E-state index in [4.69, 9.17) is 4.74 Å². The SMILES string of the molecule is O=C(c1ccccc1N1CCOCC1)N1CCN(c2nsc3ccccc23)CC1. The Labute approximate surface area is 174 Å². The van der Waals surface area contributed by atoms with Gasteiger partial charge in [-0.25, -0.2) is 0 Å². The molecular formula is C22H24N4O2S. The van der Waals surface area contributed by atoms with E-state index >= 15 is 0 Å². The Bertz CT molecular complexity index is 1010. The van der Waals surface area contributed by atoms with Gasteiger partial charge in [0.25, 0.3) is 5.91 Å². The number of aromatic nitrogens is 1. The molecule has 1 amide bonds. The lowest BCUT2D eigenvalue weighted by Gasteiger charge is -2.36. The van der Waals surface area contributed by atoms with Gasteiger partial charge in [-0.15, -0.1) is 0 Å². The summed E-state index contributed by atoms with van der Waals surface area (Å²) >= 11 is 1.54. The standard InChI is InChI=1S/C22H24N4O2S/c27-22(17-5-1-3-7-19(17)24-13-15-28-16-14-24)26-11-9-25(10-12-26)21-18-6-2-4-8-20(18)29-23-21/h1-8H,9-16H2. The summed E-state index contributed by atoms with van der Waals surface area (Å²) in [6.45, 7) is 6.11. The number of para-hydroxylation sites is 1. The van der Waals surface area contributed by atoms with Crippen LogP contribution in [-0.4, -0.2) is 67.7 Å². The molecule has 3 aromatic rings. The minimum atomic E-state index is 0.120. The first-order valence-electron chi connectivity index (χ1n) is 10.1. The summed E-state index contributed by atoms with van der Waals surface area (Å²) in [5, 5.41) is 1.20. The number of hydrogen-bond donors (Lipinski definition) is 0. The summed E-state index contributed by atoms with van der Waals surface area (Å²) in [6.07, 6.45) is 0. The van der Waals surface area contributed by atoms with Gasteiger partial charge in [0.05, 0.1) is 23.5 Å². The third-order valence-electron chi connectivity index (χ3n) is 5.71. The topological polar surface area (TPSA) is 48.9 Å². The maximum absolute atomic E-state index is 13.3. The van der Waals surface area contributed by atoms with Crippen LogP contribution in [-0.2, 0) is 4.74 Å². The van der Waals surface area contributed by atoms with Crippen molar-refractivity contribution in [2.75, 3.05) is 62.3 Å². The predicted molar refractivity (Wildman–Crippen MR) is 117 cm³/mol. The van der Waals surface area contributed by atoms with Crippen LogP contribution in [0, 0.1) is 0 Å². The number of nitrogens with zero attached hydrogens (tertiary/aromatic N) is 4. The monoisotopic (exact) mass is 408 g/mol. The Morgan fingerprint density at radius 2 is 1.59 bits per heavy atom. The summed E-state index contributed by atoms with van der Waals surface area (Å²) in [6, 6.07) is 16.3. The molecule has 2 saturated heterocycles. The summed E-state index contributed by atoms with van der Waals surface area (Å²) < 4.78 is 11.3. The highest BCUT2D eigenvalue weighted by Gasteiger charge is 2.27. The van der Waals surface area contributed by atoms with Crippen molar-refractivity contribution in [2.45, 2.75) is 0 Å². The van der Waals surface area contributed by atoms with Crippen molar-refractivity contribution in [3.63, 3.8) is 0 Å². The Hall–Kier alpha value is -2.64. The van der Waals surface area contributed by atoms with Gasteiger partial charge in [-0.3, -0.25) is 4.79 Å². The van der Waals surface area contributed by atoms with Crippen LogP contribution in [0.2, 0.25) is 0 Å². The highest BCUT2D eigenvalue weighted by Crippen LogP contribution is 2.30. The van der Waals surface area contributed by atoms with Crippen molar-refractivity contribution < 1.29 is 9.53 Å². The van der Waals surface area contributed by atoms with Crippen molar-refractivity contribution in [2.24, 2.45) is 0 Å². The van der Waals surface area contributed by atoms with Crippen molar-refractivity contribution in [1.29, 1.82) is 0 Å². The molecule has 2 aliphatic rings. The van der Waals surface area contributed by atoms with Gasteiger partial charge in [0.15, 0.2) is 0 Å². The van der Waals surface area contributed by atoms with Crippen LogP contribution in [0.3, 0.4) is 0 Å². The molecule has 29 heavy (non-hydrogen) atoms. The fourth-order valence-corrected chi connectivity index (χ4v) is 4.92. The number of hydrogen-bond acceptors (Lipinski definition) is 6. The molecule has 0 unspecified atom stereocenters. The first-order chi connectivity index (χ1) is 14.3. The van der Waals surface area contributed by atoms with Crippen molar-refractivity contribution >= 4 is 39.0 Å². The Kier molecular flexibility index (Phi) is 5.08. The van der Waals surface area contributed by atoms with Gasteiger partial charge >= 0.3 is 0 Å². The van der Waals surface area contributed by atoms with Gasteiger partial charge < -0.3 is 19.4 Å². The highest BCUT2D eigenvalue weighted by atomic mass is 32.1. The van der Waals surface area contributed by atoms with Crippen LogP contribution in [0.25, 0.3) is 10.1 Å². The molecule has 0 radical (unpaired) electrons. The molecule has 0 spiro atoms. The van der Waals surface area contributed by atoms with Gasteiger partial charge in [-0.1, -0.05) is 24.3 Å². The van der Waals surface area contributed by atoms with Crippen molar-refractivity contribution in [1.82, 2.24) is 9.27 Å².